The van der Waals surface area contributed by atoms with E-state index in [2.05, 4.69) is 9.97 Å². The quantitative estimate of drug-likeness (QED) is 0.732. The summed E-state index contributed by atoms with van der Waals surface area (Å²) in [7, 11) is 3.19. The van der Waals surface area contributed by atoms with Crippen molar-refractivity contribution in [1.29, 1.82) is 0 Å². The molecular weight excluding hydrogens is 378 g/mol. The minimum absolute atomic E-state index is 0.149. The SMILES string of the molecule is COc1cc2c(cc1OC)CN(C(=O)c1cc(-c3cccs3)[nH]c(=O)n1)CC2. The average Bonchev–Trinajstić information content (AvgIpc) is 3.26. The molecule has 0 aliphatic carbocycles. The monoisotopic (exact) mass is 397 g/mol. The molecule has 28 heavy (non-hydrogen) atoms. The molecule has 3 aromatic rings. The summed E-state index contributed by atoms with van der Waals surface area (Å²) in [5.41, 5.74) is 2.34. The highest BCUT2D eigenvalue weighted by Gasteiger charge is 2.25. The fourth-order valence-corrected chi connectivity index (χ4v) is 4.05. The number of hydrogen-bond acceptors (Lipinski definition) is 6. The molecular formula is C20H19N3O4S. The molecule has 1 amide bonds. The van der Waals surface area contributed by atoms with Crippen LogP contribution in [0.3, 0.4) is 0 Å². The van der Waals surface area contributed by atoms with E-state index in [1.54, 1.807) is 25.2 Å². The van der Waals surface area contributed by atoms with Gasteiger partial charge in [0.1, 0.15) is 5.69 Å². The van der Waals surface area contributed by atoms with E-state index >= 15 is 0 Å². The summed E-state index contributed by atoms with van der Waals surface area (Å²) in [5.74, 6) is 1.05. The molecule has 0 spiro atoms. The third kappa shape index (κ3) is 3.38. The number of nitrogens with zero attached hydrogens (tertiary/aromatic N) is 2. The van der Waals surface area contributed by atoms with Crippen molar-refractivity contribution in [3.63, 3.8) is 0 Å². The van der Waals surface area contributed by atoms with Crippen LogP contribution in [0.1, 0.15) is 21.6 Å². The van der Waals surface area contributed by atoms with Crippen LogP contribution in [0.5, 0.6) is 11.5 Å². The van der Waals surface area contributed by atoms with Crippen molar-refractivity contribution in [2.24, 2.45) is 0 Å². The summed E-state index contributed by atoms with van der Waals surface area (Å²) in [6.45, 7) is 0.974. The molecule has 4 rings (SSSR count). The number of fused-ring (bicyclic) bond motifs is 1. The van der Waals surface area contributed by atoms with Crippen molar-refractivity contribution in [2.45, 2.75) is 13.0 Å². The highest BCUT2D eigenvalue weighted by atomic mass is 32.1. The van der Waals surface area contributed by atoms with Gasteiger partial charge in [0.15, 0.2) is 11.5 Å². The molecule has 1 aliphatic rings. The number of aromatic amines is 1. The zero-order valence-electron chi connectivity index (χ0n) is 15.5. The molecule has 0 bridgehead atoms. The van der Waals surface area contributed by atoms with E-state index in [0.29, 0.717) is 36.7 Å². The number of nitrogens with one attached hydrogen (secondary N) is 1. The number of hydrogen-bond donors (Lipinski definition) is 1. The Bertz CT molecular complexity index is 1080. The first kappa shape index (κ1) is 18.2. The van der Waals surface area contributed by atoms with E-state index in [-0.39, 0.29) is 11.6 Å². The highest BCUT2D eigenvalue weighted by Crippen LogP contribution is 2.33. The lowest BCUT2D eigenvalue weighted by molar-refractivity contribution is 0.0728. The van der Waals surface area contributed by atoms with E-state index in [9.17, 15) is 9.59 Å². The van der Waals surface area contributed by atoms with Crippen LogP contribution in [0.15, 0.2) is 40.5 Å². The maximum Gasteiger partial charge on any atom is 0.346 e. The molecule has 0 radical (unpaired) electrons. The van der Waals surface area contributed by atoms with E-state index in [0.717, 1.165) is 16.0 Å². The highest BCUT2D eigenvalue weighted by molar-refractivity contribution is 7.13. The fraction of sp³-hybridized carbons (Fsp3) is 0.250. The fourth-order valence-electron chi connectivity index (χ4n) is 3.35. The van der Waals surface area contributed by atoms with Crippen LogP contribution in [-0.2, 0) is 13.0 Å². The van der Waals surface area contributed by atoms with Gasteiger partial charge in [0.05, 0.1) is 24.8 Å². The number of thiophene rings is 1. The molecule has 0 saturated heterocycles. The number of carbonyl (C=O) groups is 1. The summed E-state index contributed by atoms with van der Waals surface area (Å²) in [5, 5.41) is 1.92. The summed E-state index contributed by atoms with van der Waals surface area (Å²) >= 11 is 1.49. The Morgan fingerprint density at radius 3 is 2.61 bits per heavy atom. The van der Waals surface area contributed by atoms with Gasteiger partial charge >= 0.3 is 5.69 Å². The van der Waals surface area contributed by atoms with Crippen molar-refractivity contribution in [1.82, 2.24) is 14.9 Å². The molecule has 1 N–H and O–H groups in total. The molecule has 0 fully saturated rings. The van der Waals surface area contributed by atoms with Gasteiger partial charge in [0.2, 0.25) is 0 Å². The van der Waals surface area contributed by atoms with E-state index in [4.69, 9.17) is 9.47 Å². The zero-order chi connectivity index (χ0) is 19.7. The van der Waals surface area contributed by atoms with Gasteiger partial charge in [0, 0.05) is 13.1 Å². The van der Waals surface area contributed by atoms with Gasteiger partial charge in [0.25, 0.3) is 5.91 Å². The molecule has 0 atom stereocenters. The first-order valence-electron chi connectivity index (χ1n) is 8.77. The molecule has 0 unspecified atom stereocenters. The van der Waals surface area contributed by atoms with Gasteiger partial charge in [-0.15, -0.1) is 11.3 Å². The van der Waals surface area contributed by atoms with Crippen LogP contribution in [-0.4, -0.2) is 41.5 Å². The van der Waals surface area contributed by atoms with Crippen LogP contribution in [0.4, 0.5) is 0 Å². The number of methoxy groups -OCH3 is 2. The number of rotatable bonds is 4. The van der Waals surface area contributed by atoms with Crippen LogP contribution < -0.4 is 15.2 Å². The topological polar surface area (TPSA) is 84.5 Å². The average molecular weight is 397 g/mol. The van der Waals surface area contributed by atoms with Gasteiger partial charge in [-0.05, 0) is 47.2 Å². The van der Waals surface area contributed by atoms with E-state index < -0.39 is 5.69 Å². The third-order valence-corrected chi connectivity index (χ3v) is 5.66. The van der Waals surface area contributed by atoms with Crippen molar-refractivity contribution in [3.8, 4) is 22.1 Å². The van der Waals surface area contributed by atoms with E-state index in [1.807, 2.05) is 29.6 Å². The molecule has 8 heteroatoms. The molecule has 3 heterocycles. The summed E-state index contributed by atoms with van der Waals surface area (Å²) in [6, 6.07) is 9.27. The standard InChI is InChI=1S/C20H19N3O4S/c1-26-16-8-12-5-6-23(11-13(12)9-17(16)27-2)19(24)15-10-14(21-20(25)22-15)18-4-3-7-28-18/h3-4,7-10H,5-6,11H2,1-2H3,(H,21,22,25). The lowest BCUT2D eigenvalue weighted by Crippen LogP contribution is -2.37. The van der Waals surface area contributed by atoms with Crippen molar-refractivity contribution >= 4 is 17.2 Å². The van der Waals surface area contributed by atoms with Crippen LogP contribution >= 0.6 is 11.3 Å². The summed E-state index contributed by atoms with van der Waals surface area (Å²) in [6.07, 6.45) is 0.697. The molecule has 7 nitrogen and oxygen atoms in total. The van der Waals surface area contributed by atoms with Gasteiger partial charge in [-0.25, -0.2) is 4.79 Å². The Kier molecular flexibility index (Phi) is 4.87. The van der Waals surface area contributed by atoms with Crippen molar-refractivity contribution < 1.29 is 14.3 Å². The second-order valence-electron chi connectivity index (χ2n) is 6.42. The Balaban J connectivity index is 1.63. The Morgan fingerprint density at radius 1 is 1.18 bits per heavy atom. The predicted octanol–water partition coefficient (Wildman–Crippen LogP) is 2.71. The lowest BCUT2D eigenvalue weighted by atomic mass is 9.98. The normalized spacial score (nSPS) is 13.1. The van der Waals surface area contributed by atoms with Gasteiger partial charge in [-0.3, -0.25) is 4.79 Å². The van der Waals surface area contributed by atoms with Gasteiger partial charge < -0.3 is 19.4 Å². The molecule has 1 aromatic carbocycles. The number of amides is 1. The van der Waals surface area contributed by atoms with Crippen LogP contribution in [0.2, 0.25) is 0 Å². The summed E-state index contributed by atoms with van der Waals surface area (Å²) < 4.78 is 10.7. The Hall–Kier alpha value is -3.13. The zero-order valence-corrected chi connectivity index (χ0v) is 16.3. The number of benzene rings is 1. The number of carbonyl (C=O) groups excluding carboxylic acids is 1. The van der Waals surface area contributed by atoms with Crippen LogP contribution in [0.25, 0.3) is 10.6 Å². The predicted molar refractivity (Wildman–Crippen MR) is 106 cm³/mol. The molecule has 144 valence electrons. The Morgan fingerprint density at radius 2 is 1.93 bits per heavy atom. The largest absolute Gasteiger partial charge is 0.493 e. The van der Waals surface area contributed by atoms with Crippen molar-refractivity contribution in [3.05, 3.63) is 63.0 Å². The maximum atomic E-state index is 13.0. The van der Waals surface area contributed by atoms with Gasteiger partial charge in [-0.2, -0.15) is 4.98 Å². The van der Waals surface area contributed by atoms with Crippen LogP contribution in [0, 0.1) is 0 Å². The second-order valence-corrected chi connectivity index (χ2v) is 7.36. The number of ether oxygens (including phenoxy) is 2. The maximum absolute atomic E-state index is 13.0. The number of H-pyrrole nitrogens is 1. The summed E-state index contributed by atoms with van der Waals surface area (Å²) in [4.78, 5) is 34.2. The first-order chi connectivity index (χ1) is 13.6. The smallest absolute Gasteiger partial charge is 0.346 e. The van der Waals surface area contributed by atoms with Crippen molar-refractivity contribution in [2.75, 3.05) is 20.8 Å². The molecule has 2 aromatic heterocycles. The molecule has 0 saturated carbocycles. The Labute approximate surface area is 165 Å². The third-order valence-electron chi connectivity index (χ3n) is 4.76. The first-order valence-corrected chi connectivity index (χ1v) is 9.65. The minimum Gasteiger partial charge on any atom is -0.493 e. The number of aromatic nitrogens is 2. The van der Waals surface area contributed by atoms with E-state index in [1.165, 1.54) is 11.3 Å². The van der Waals surface area contributed by atoms with Gasteiger partial charge in [-0.1, -0.05) is 6.07 Å². The lowest BCUT2D eigenvalue weighted by Gasteiger charge is -2.29. The second kappa shape index (κ2) is 7.47. The minimum atomic E-state index is -0.530. The molecule has 1 aliphatic heterocycles.